The fraction of sp³-hybridized carbons (Fsp3) is 0.0769. The number of benzene rings is 1. The summed E-state index contributed by atoms with van der Waals surface area (Å²) >= 11 is 5.65. The van der Waals surface area contributed by atoms with E-state index in [1.165, 1.54) is 37.7 Å². The highest BCUT2D eigenvalue weighted by molar-refractivity contribution is 6.31. The maximum atomic E-state index is 13.0. The summed E-state index contributed by atoms with van der Waals surface area (Å²) in [6.45, 7) is 0. The molecule has 0 radical (unpaired) electrons. The van der Waals surface area contributed by atoms with Gasteiger partial charge in [-0.25, -0.2) is 9.37 Å². The lowest BCUT2D eigenvalue weighted by Crippen LogP contribution is -1.91. The van der Waals surface area contributed by atoms with E-state index < -0.39 is 5.82 Å². The SMILES string of the molecule is COc1nccc(C=Nc2ccc(F)c(Cl)c2)c1O. The average Bonchev–Trinajstić information content (AvgIpc) is 2.41. The van der Waals surface area contributed by atoms with E-state index in [0.717, 1.165) is 0 Å². The molecule has 0 saturated carbocycles. The molecule has 1 aromatic carbocycles. The molecule has 0 atom stereocenters. The first-order valence-corrected chi connectivity index (χ1v) is 5.70. The Hall–Kier alpha value is -2.14. The van der Waals surface area contributed by atoms with Gasteiger partial charge in [-0.3, -0.25) is 4.99 Å². The fourth-order valence-electron chi connectivity index (χ4n) is 1.41. The molecule has 0 aliphatic rings. The molecule has 19 heavy (non-hydrogen) atoms. The number of hydrogen-bond acceptors (Lipinski definition) is 4. The minimum absolute atomic E-state index is 0.00817. The summed E-state index contributed by atoms with van der Waals surface area (Å²) in [5, 5.41) is 9.79. The van der Waals surface area contributed by atoms with Crippen LogP contribution in [0.5, 0.6) is 11.6 Å². The van der Waals surface area contributed by atoms with Gasteiger partial charge in [0.15, 0.2) is 5.75 Å². The molecule has 6 heteroatoms. The number of aromatic nitrogens is 1. The molecule has 1 N–H and O–H groups in total. The Kier molecular flexibility index (Phi) is 3.97. The van der Waals surface area contributed by atoms with E-state index in [1.54, 1.807) is 6.07 Å². The number of methoxy groups -OCH3 is 1. The van der Waals surface area contributed by atoms with Crippen molar-refractivity contribution in [2.24, 2.45) is 4.99 Å². The number of hydrogen-bond donors (Lipinski definition) is 1. The molecule has 4 nitrogen and oxygen atoms in total. The lowest BCUT2D eigenvalue weighted by Gasteiger charge is -2.03. The van der Waals surface area contributed by atoms with Crippen LogP contribution in [0.3, 0.4) is 0 Å². The Labute approximate surface area is 114 Å². The van der Waals surface area contributed by atoms with Crippen LogP contribution in [-0.4, -0.2) is 23.4 Å². The van der Waals surface area contributed by atoms with Crippen molar-refractivity contribution in [2.45, 2.75) is 0 Å². The lowest BCUT2D eigenvalue weighted by atomic mass is 10.2. The highest BCUT2D eigenvalue weighted by Gasteiger charge is 2.06. The van der Waals surface area contributed by atoms with Crippen LogP contribution in [0, 0.1) is 5.82 Å². The van der Waals surface area contributed by atoms with Crippen LogP contribution >= 0.6 is 11.6 Å². The van der Waals surface area contributed by atoms with Gasteiger partial charge in [-0.1, -0.05) is 11.6 Å². The Morgan fingerprint density at radius 3 is 2.89 bits per heavy atom. The van der Waals surface area contributed by atoms with E-state index in [-0.39, 0.29) is 16.7 Å². The van der Waals surface area contributed by atoms with Crippen molar-refractivity contribution in [1.82, 2.24) is 4.98 Å². The van der Waals surface area contributed by atoms with Crippen LogP contribution in [0.15, 0.2) is 35.5 Å². The topological polar surface area (TPSA) is 54.7 Å². The third kappa shape index (κ3) is 3.00. The molecule has 1 aromatic heterocycles. The Balaban J connectivity index is 2.30. The van der Waals surface area contributed by atoms with E-state index in [1.807, 2.05) is 0 Å². The van der Waals surface area contributed by atoms with E-state index in [4.69, 9.17) is 16.3 Å². The van der Waals surface area contributed by atoms with Crippen molar-refractivity contribution >= 4 is 23.5 Å². The molecule has 0 bridgehead atoms. The van der Waals surface area contributed by atoms with E-state index in [0.29, 0.717) is 11.3 Å². The second-order valence-corrected chi connectivity index (χ2v) is 4.02. The molecule has 0 fully saturated rings. The molecule has 0 amide bonds. The first kappa shape index (κ1) is 13.3. The number of aliphatic imine (C=N–C) groups is 1. The number of nitrogens with zero attached hydrogens (tertiary/aromatic N) is 2. The predicted molar refractivity (Wildman–Crippen MR) is 71.1 cm³/mol. The van der Waals surface area contributed by atoms with Gasteiger partial charge in [-0.05, 0) is 24.3 Å². The summed E-state index contributed by atoms with van der Waals surface area (Å²) < 4.78 is 17.9. The van der Waals surface area contributed by atoms with Crippen LogP contribution in [-0.2, 0) is 0 Å². The molecular formula is C13H10ClFN2O2. The summed E-state index contributed by atoms with van der Waals surface area (Å²) in [5.74, 6) is -0.503. The highest BCUT2D eigenvalue weighted by Crippen LogP contribution is 2.26. The Bertz CT molecular complexity index is 632. The fourth-order valence-corrected chi connectivity index (χ4v) is 1.59. The van der Waals surface area contributed by atoms with Crippen LogP contribution in [0.2, 0.25) is 5.02 Å². The summed E-state index contributed by atoms with van der Waals surface area (Å²) in [6, 6.07) is 5.67. The van der Waals surface area contributed by atoms with Crippen molar-refractivity contribution < 1.29 is 14.2 Å². The van der Waals surface area contributed by atoms with Gasteiger partial charge in [0.1, 0.15) is 5.82 Å². The van der Waals surface area contributed by atoms with Gasteiger partial charge in [0, 0.05) is 18.0 Å². The van der Waals surface area contributed by atoms with E-state index in [9.17, 15) is 9.50 Å². The molecule has 1 heterocycles. The minimum Gasteiger partial charge on any atom is -0.503 e. The Morgan fingerprint density at radius 1 is 1.42 bits per heavy atom. The molecule has 98 valence electrons. The normalized spacial score (nSPS) is 10.9. The number of ether oxygens (including phenoxy) is 1. The van der Waals surface area contributed by atoms with E-state index in [2.05, 4.69) is 9.98 Å². The number of halogens is 2. The van der Waals surface area contributed by atoms with Crippen LogP contribution in [0.25, 0.3) is 0 Å². The standard InChI is InChI=1S/C13H10ClFN2O2/c1-19-13-12(18)8(4-5-16-13)7-17-9-2-3-11(15)10(14)6-9/h2-7,18H,1H3. The van der Waals surface area contributed by atoms with Gasteiger partial charge in [0.2, 0.25) is 0 Å². The second kappa shape index (κ2) is 5.67. The third-order valence-corrected chi connectivity index (χ3v) is 2.66. The van der Waals surface area contributed by atoms with Gasteiger partial charge >= 0.3 is 0 Å². The van der Waals surface area contributed by atoms with Crippen LogP contribution < -0.4 is 4.74 Å². The largest absolute Gasteiger partial charge is 0.503 e. The molecule has 0 saturated heterocycles. The molecule has 0 unspecified atom stereocenters. The predicted octanol–water partition coefficient (Wildman–Crippen LogP) is 3.34. The summed E-state index contributed by atoms with van der Waals surface area (Å²) in [6.07, 6.45) is 2.90. The average molecular weight is 281 g/mol. The third-order valence-electron chi connectivity index (χ3n) is 2.37. The first-order valence-electron chi connectivity index (χ1n) is 5.33. The smallest absolute Gasteiger partial charge is 0.257 e. The Morgan fingerprint density at radius 2 is 2.21 bits per heavy atom. The molecule has 0 aliphatic heterocycles. The monoisotopic (exact) mass is 280 g/mol. The number of rotatable bonds is 3. The molecular weight excluding hydrogens is 271 g/mol. The maximum Gasteiger partial charge on any atom is 0.257 e. The summed E-state index contributed by atoms with van der Waals surface area (Å²) in [4.78, 5) is 7.93. The lowest BCUT2D eigenvalue weighted by molar-refractivity contribution is 0.358. The highest BCUT2D eigenvalue weighted by atomic mass is 35.5. The minimum atomic E-state index is -0.506. The van der Waals surface area contributed by atoms with Crippen LogP contribution in [0.1, 0.15) is 5.56 Å². The van der Waals surface area contributed by atoms with Crippen LogP contribution in [0.4, 0.5) is 10.1 Å². The van der Waals surface area contributed by atoms with Crippen molar-refractivity contribution in [3.8, 4) is 11.6 Å². The van der Waals surface area contributed by atoms with E-state index >= 15 is 0 Å². The number of aromatic hydroxyl groups is 1. The van der Waals surface area contributed by atoms with Gasteiger partial charge in [0.05, 0.1) is 17.8 Å². The molecule has 0 spiro atoms. The van der Waals surface area contributed by atoms with Crippen molar-refractivity contribution in [3.63, 3.8) is 0 Å². The second-order valence-electron chi connectivity index (χ2n) is 3.61. The quantitative estimate of drug-likeness (QED) is 0.877. The summed E-state index contributed by atoms with van der Waals surface area (Å²) in [7, 11) is 1.41. The zero-order valence-electron chi connectivity index (χ0n) is 9.97. The van der Waals surface area contributed by atoms with Crippen molar-refractivity contribution in [1.29, 1.82) is 0 Å². The van der Waals surface area contributed by atoms with Gasteiger partial charge in [0.25, 0.3) is 5.88 Å². The molecule has 2 rings (SSSR count). The number of pyridine rings is 1. The molecule has 0 aliphatic carbocycles. The zero-order valence-corrected chi connectivity index (χ0v) is 10.7. The zero-order chi connectivity index (χ0) is 13.8. The van der Waals surface area contributed by atoms with Gasteiger partial charge < -0.3 is 9.84 Å². The maximum absolute atomic E-state index is 13.0. The first-order chi connectivity index (χ1) is 9.11. The van der Waals surface area contributed by atoms with Crippen molar-refractivity contribution in [3.05, 3.63) is 46.9 Å². The van der Waals surface area contributed by atoms with Gasteiger partial charge in [-0.2, -0.15) is 0 Å². The molecule has 2 aromatic rings. The summed E-state index contributed by atoms with van der Waals surface area (Å²) in [5.41, 5.74) is 0.911. The van der Waals surface area contributed by atoms with Gasteiger partial charge in [-0.15, -0.1) is 0 Å². The van der Waals surface area contributed by atoms with Crippen molar-refractivity contribution in [2.75, 3.05) is 7.11 Å².